The van der Waals surface area contributed by atoms with Crippen molar-refractivity contribution in [1.29, 1.82) is 0 Å². The van der Waals surface area contributed by atoms with Gasteiger partial charge < -0.3 is 10.1 Å². The van der Waals surface area contributed by atoms with E-state index in [0.717, 1.165) is 18.4 Å². The summed E-state index contributed by atoms with van der Waals surface area (Å²) >= 11 is 0. The predicted octanol–water partition coefficient (Wildman–Crippen LogP) is 2.18. The third-order valence-electron chi connectivity index (χ3n) is 3.03. The summed E-state index contributed by atoms with van der Waals surface area (Å²) in [6.45, 7) is 2.91. The Morgan fingerprint density at radius 2 is 2.21 bits per heavy atom. The van der Waals surface area contributed by atoms with Gasteiger partial charge in [-0.1, -0.05) is 18.2 Å². The Bertz CT molecular complexity index is 357. The van der Waals surface area contributed by atoms with Crippen LogP contribution in [0.2, 0.25) is 0 Å². The molecule has 0 spiro atoms. The summed E-state index contributed by atoms with van der Waals surface area (Å²) in [6.07, 6.45) is 2.66. The van der Waals surface area contributed by atoms with Crippen molar-refractivity contribution in [2.45, 2.75) is 31.8 Å². The monoisotopic (exact) mass is 189 g/mol. The van der Waals surface area contributed by atoms with Crippen LogP contribution < -0.4 is 10.1 Å². The van der Waals surface area contributed by atoms with Gasteiger partial charge in [-0.25, -0.2) is 0 Å². The highest BCUT2D eigenvalue weighted by molar-refractivity contribution is 5.45. The first kappa shape index (κ1) is 8.30. The summed E-state index contributed by atoms with van der Waals surface area (Å²) in [5.74, 6) is 1.10. The Balaban J connectivity index is 1.89. The van der Waals surface area contributed by atoms with Crippen molar-refractivity contribution in [3.63, 3.8) is 0 Å². The van der Waals surface area contributed by atoms with Crippen LogP contribution in [0.3, 0.4) is 0 Å². The average Bonchev–Trinajstić information content (AvgIpc) is 2.88. The highest BCUT2D eigenvalue weighted by Gasteiger charge is 2.30. The van der Waals surface area contributed by atoms with Gasteiger partial charge in [-0.3, -0.25) is 0 Å². The van der Waals surface area contributed by atoms with Crippen molar-refractivity contribution in [3.8, 4) is 5.75 Å². The van der Waals surface area contributed by atoms with E-state index in [0.29, 0.717) is 6.04 Å². The Labute approximate surface area is 84.3 Å². The topological polar surface area (TPSA) is 21.3 Å². The standard InChI is InChI=1S/C12H15NO/c1-8-3-2-4-10-11(7-14-12(8)10)13-9-5-6-9/h2-4,9,11,13H,5-7H2,1H3. The normalized spacial score (nSPS) is 24.5. The molecule has 14 heavy (non-hydrogen) atoms. The number of rotatable bonds is 2. The average molecular weight is 189 g/mol. The molecule has 1 aromatic carbocycles. The van der Waals surface area contributed by atoms with Crippen LogP contribution in [0.4, 0.5) is 0 Å². The minimum atomic E-state index is 0.428. The highest BCUT2D eigenvalue weighted by atomic mass is 16.5. The van der Waals surface area contributed by atoms with Crippen LogP contribution in [0.25, 0.3) is 0 Å². The van der Waals surface area contributed by atoms with Gasteiger partial charge >= 0.3 is 0 Å². The van der Waals surface area contributed by atoms with E-state index >= 15 is 0 Å². The van der Waals surface area contributed by atoms with Gasteiger partial charge in [0.15, 0.2) is 0 Å². The maximum absolute atomic E-state index is 5.71. The van der Waals surface area contributed by atoms with Crippen LogP contribution in [0, 0.1) is 6.92 Å². The Morgan fingerprint density at radius 3 is 3.00 bits per heavy atom. The molecule has 1 aromatic rings. The summed E-state index contributed by atoms with van der Waals surface area (Å²) < 4.78 is 5.71. The summed E-state index contributed by atoms with van der Waals surface area (Å²) in [4.78, 5) is 0. The molecule has 1 atom stereocenters. The van der Waals surface area contributed by atoms with E-state index in [-0.39, 0.29) is 0 Å². The van der Waals surface area contributed by atoms with Crippen molar-refractivity contribution >= 4 is 0 Å². The van der Waals surface area contributed by atoms with Crippen LogP contribution in [0.1, 0.15) is 30.0 Å². The number of aryl methyl sites for hydroxylation is 1. The molecule has 2 nitrogen and oxygen atoms in total. The number of hydrogen-bond acceptors (Lipinski definition) is 2. The third kappa shape index (κ3) is 1.30. The first-order valence-corrected chi connectivity index (χ1v) is 5.33. The molecule has 2 heteroatoms. The van der Waals surface area contributed by atoms with Crippen LogP contribution >= 0.6 is 0 Å². The molecular weight excluding hydrogens is 174 g/mol. The number of para-hydroxylation sites is 1. The molecule has 1 unspecified atom stereocenters. The lowest BCUT2D eigenvalue weighted by Crippen LogP contribution is -2.24. The Morgan fingerprint density at radius 1 is 1.36 bits per heavy atom. The molecule has 1 N–H and O–H groups in total. The highest BCUT2D eigenvalue weighted by Crippen LogP contribution is 2.36. The SMILES string of the molecule is Cc1cccc2c1OCC2NC1CC1. The van der Waals surface area contributed by atoms with Crippen LogP contribution in [0.15, 0.2) is 18.2 Å². The van der Waals surface area contributed by atoms with Gasteiger partial charge in [0.1, 0.15) is 12.4 Å². The molecule has 0 radical (unpaired) electrons. The zero-order valence-corrected chi connectivity index (χ0v) is 8.42. The summed E-state index contributed by atoms with van der Waals surface area (Å²) in [5.41, 5.74) is 2.60. The van der Waals surface area contributed by atoms with Gasteiger partial charge in [-0.2, -0.15) is 0 Å². The molecular formula is C12H15NO. The predicted molar refractivity (Wildman–Crippen MR) is 55.6 cm³/mol. The molecule has 1 heterocycles. The van der Waals surface area contributed by atoms with Gasteiger partial charge in [-0.05, 0) is 25.3 Å². The molecule has 3 rings (SSSR count). The molecule has 0 aromatic heterocycles. The lowest BCUT2D eigenvalue weighted by molar-refractivity contribution is 0.309. The number of nitrogens with one attached hydrogen (secondary N) is 1. The Kier molecular flexibility index (Phi) is 1.77. The summed E-state index contributed by atoms with van der Waals surface area (Å²) in [5, 5.41) is 3.61. The molecule has 1 aliphatic carbocycles. The van der Waals surface area contributed by atoms with Gasteiger partial charge in [0.25, 0.3) is 0 Å². The summed E-state index contributed by atoms with van der Waals surface area (Å²) in [6, 6.07) is 7.57. The van der Waals surface area contributed by atoms with Crippen molar-refractivity contribution in [2.24, 2.45) is 0 Å². The van der Waals surface area contributed by atoms with E-state index in [1.165, 1.54) is 24.0 Å². The molecule has 1 fully saturated rings. The minimum absolute atomic E-state index is 0.428. The summed E-state index contributed by atoms with van der Waals surface area (Å²) in [7, 11) is 0. The number of fused-ring (bicyclic) bond motifs is 1. The fourth-order valence-electron chi connectivity index (χ4n) is 2.08. The van der Waals surface area contributed by atoms with Crippen molar-refractivity contribution in [1.82, 2.24) is 5.32 Å². The lowest BCUT2D eigenvalue weighted by Gasteiger charge is -2.09. The van der Waals surface area contributed by atoms with E-state index in [2.05, 4.69) is 30.4 Å². The van der Waals surface area contributed by atoms with Crippen LogP contribution in [-0.2, 0) is 0 Å². The zero-order chi connectivity index (χ0) is 9.54. The fraction of sp³-hybridized carbons (Fsp3) is 0.500. The lowest BCUT2D eigenvalue weighted by atomic mass is 10.1. The second-order valence-corrected chi connectivity index (χ2v) is 4.30. The first-order chi connectivity index (χ1) is 6.84. The smallest absolute Gasteiger partial charge is 0.127 e. The molecule has 74 valence electrons. The van der Waals surface area contributed by atoms with Crippen LogP contribution in [0.5, 0.6) is 5.75 Å². The van der Waals surface area contributed by atoms with E-state index in [9.17, 15) is 0 Å². The van der Waals surface area contributed by atoms with Gasteiger partial charge in [-0.15, -0.1) is 0 Å². The minimum Gasteiger partial charge on any atom is -0.491 e. The second-order valence-electron chi connectivity index (χ2n) is 4.30. The van der Waals surface area contributed by atoms with Crippen molar-refractivity contribution < 1.29 is 4.74 Å². The molecule has 0 bridgehead atoms. The van der Waals surface area contributed by atoms with Crippen LogP contribution in [-0.4, -0.2) is 12.6 Å². The molecule has 0 saturated heterocycles. The van der Waals surface area contributed by atoms with Crippen molar-refractivity contribution in [2.75, 3.05) is 6.61 Å². The maximum atomic E-state index is 5.71. The van der Waals surface area contributed by atoms with Gasteiger partial charge in [0, 0.05) is 11.6 Å². The first-order valence-electron chi connectivity index (χ1n) is 5.33. The quantitative estimate of drug-likeness (QED) is 0.770. The molecule has 0 amide bonds. The van der Waals surface area contributed by atoms with Crippen molar-refractivity contribution in [3.05, 3.63) is 29.3 Å². The second kappa shape index (κ2) is 2.99. The van der Waals surface area contributed by atoms with E-state index in [4.69, 9.17) is 4.74 Å². The molecule has 2 aliphatic rings. The Hall–Kier alpha value is -1.02. The van der Waals surface area contributed by atoms with Gasteiger partial charge in [0.2, 0.25) is 0 Å². The van der Waals surface area contributed by atoms with E-state index in [1.807, 2.05) is 0 Å². The largest absolute Gasteiger partial charge is 0.491 e. The van der Waals surface area contributed by atoms with Gasteiger partial charge in [0.05, 0.1) is 6.04 Å². The third-order valence-corrected chi connectivity index (χ3v) is 3.03. The molecule has 1 saturated carbocycles. The number of hydrogen-bond donors (Lipinski definition) is 1. The number of benzene rings is 1. The zero-order valence-electron chi connectivity index (χ0n) is 8.42. The fourth-order valence-corrected chi connectivity index (χ4v) is 2.08. The van der Waals surface area contributed by atoms with E-state index < -0.39 is 0 Å². The maximum Gasteiger partial charge on any atom is 0.127 e. The van der Waals surface area contributed by atoms with E-state index in [1.54, 1.807) is 0 Å². The molecule has 1 aliphatic heterocycles. The number of ether oxygens (including phenoxy) is 1.